The Labute approximate surface area is 148 Å². The summed E-state index contributed by atoms with van der Waals surface area (Å²) in [6.07, 6.45) is 4.92. The Morgan fingerprint density at radius 1 is 1.44 bits per heavy atom. The SMILES string of the molecule is CN1C[C@H](CC(C#N)C(N)=O)CC2c3cccc4c3c(cn4C)C[C@H]21. The number of carbonyl (C=O) groups excluding carboxylic acids is 1. The fourth-order valence-corrected chi connectivity index (χ4v) is 5.07. The molecular weight excluding hydrogens is 312 g/mol. The number of likely N-dealkylation sites (N-methyl/N-ethyl adjacent to an activating group) is 1. The first kappa shape index (κ1) is 16.2. The number of likely N-dealkylation sites (tertiary alicyclic amines) is 1. The molecule has 1 amide bonds. The van der Waals surface area contributed by atoms with Crippen LogP contribution in [0.15, 0.2) is 24.4 Å². The third-order valence-electron chi connectivity index (χ3n) is 6.19. The van der Waals surface area contributed by atoms with Gasteiger partial charge in [0.25, 0.3) is 0 Å². The molecule has 1 saturated heterocycles. The second kappa shape index (κ2) is 5.89. The molecular formula is C20H24N4O. The van der Waals surface area contributed by atoms with E-state index in [-0.39, 0.29) is 0 Å². The van der Waals surface area contributed by atoms with E-state index in [0.717, 1.165) is 19.4 Å². The topological polar surface area (TPSA) is 75.1 Å². The van der Waals surface area contributed by atoms with Gasteiger partial charge in [0.1, 0.15) is 5.92 Å². The van der Waals surface area contributed by atoms with Crippen molar-refractivity contribution in [3.05, 3.63) is 35.5 Å². The second-order valence-electron chi connectivity index (χ2n) is 7.75. The number of rotatable bonds is 3. The monoisotopic (exact) mass is 336 g/mol. The first-order valence-electron chi connectivity index (χ1n) is 8.95. The van der Waals surface area contributed by atoms with E-state index >= 15 is 0 Å². The van der Waals surface area contributed by atoms with E-state index in [2.05, 4.69) is 54.0 Å². The number of nitrogens with zero attached hydrogens (tertiary/aromatic N) is 3. The minimum absolute atomic E-state index is 0.323. The van der Waals surface area contributed by atoms with Crippen LogP contribution in [0.25, 0.3) is 10.9 Å². The molecule has 130 valence electrons. The lowest BCUT2D eigenvalue weighted by atomic mass is 9.71. The number of benzene rings is 1. The second-order valence-corrected chi connectivity index (χ2v) is 7.75. The molecule has 2 unspecified atom stereocenters. The molecule has 4 rings (SSSR count). The van der Waals surface area contributed by atoms with Crippen LogP contribution in [0.4, 0.5) is 0 Å². The highest BCUT2D eigenvalue weighted by Crippen LogP contribution is 2.45. The predicted octanol–water partition coefficient (Wildman–Crippen LogP) is 2.15. The number of aryl methyl sites for hydroxylation is 1. The van der Waals surface area contributed by atoms with Crippen LogP contribution in [0.2, 0.25) is 0 Å². The molecule has 0 saturated carbocycles. The minimum atomic E-state index is -0.679. The third kappa shape index (κ3) is 2.52. The van der Waals surface area contributed by atoms with Crippen molar-refractivity contribution in [2.24, 2.45) is 24.6 Å². The summed E-state index contributed by atoms with van der Waals surface area (Å²) in [7, 11) is 4.28. The van der Waals surface area contributed by atoms with Crippen LogP contribution in [-0.2, 0) is 18.3 Å². The van der Waals surface area contributed by atoms with Gasteiger partial charge in [-0.1, -0.05) is 12.1 Å². The summed E-state index contributed by atoms with van der Waals surface area (Å²) in [6.45, 7) is 0.921. The number of primary amides is 1. The van der Waals surface area contributed by atoms with Crippen molar-refractivity contribution in [1.82, 2.24) is 9.47 Å². The van der Waals surface area contributed by atoms with E-state index in [1.165, 1.54) is 22.0 Å². The van der Waals surface area contributed by atoms with Crippen molar-refractivity contribution < 1.29 is 4.79 Å². The van der Waals surface area contributed by atoms with Crippen molar-refractivity contribution in [1.29, 1.82) is 5.26 Å². The van der Waals surface area contributed by atoms with E-state index in [1.54, 1.807) is 0 Å². The quantitative estimate of drug-likeness (QED) is 0.933. The molecule has 5 heteroatoms. The van der Waals surface area contributed by atoms with E-state index in [4.69, 9.17) is 5.73 Å². The zero-order valence-corrected chi connectivity index (χ0v) is 14.8. The van der Waals surface area contributed by atoms with Gasteiger partial charge in [0.05, 0.1) is 6.07 Å². The smallest absolute Gasteiger partial charge is 0.234 e. The number of nitrogens with two attached hydrogens (primary N) is 1. The average molecular weight is 336 g/mol. The van der Waals surface area contributed by atoms with Crippen LogP contribution in [0.5, 0.6) is 0 Å². The van der Waals surface area contributed by atoms with Crippen LogP contribution in [0.3, 0.4) is 0 Å². The number of carbonyl (C=O) groups is 1. The summed E-state index contributed by atoms with van der Waals surface area (Å²) in [5.41, 5.74) is 9.54. The van der Waals surface area contributed by atoms with Gasteiger partial charge < -0.3 is 15.2 Å². The summed E-state index contributed by atoms with van der Waals surface area (Å²) in [6, 6.07) is 9.16. The Morgan fingerprint density at radius 3 is 2.96 bits per heavy atom. The standard InChI is InChI=1S/C20H24N4O/c1-23-10-12(6-13(9-21)20(22)25)7-16-15-4-3-5-17-19(15)14(8-18(16)23)11-24(17)2/h3-5,11-13,16,18H,6-8,10H2,1-2H3,(H2,22,25)/t12-,13?,16?,18-/m1/s1. The van der Waals surface area contributed by atoms with Gasteiger partial charge in [-0.2, -0.15) is 5.26 Å². The summed E-state index contributed by atoms with van der Waals surface area (Å²) in [5.74, 6) is -0.400. The number of hydrogen-bond donors (Lipinski definition) is 1. The van der Waals surface area contributed by atoms with Crippen LogP contribution in [0, 0.1) is 23.2 Å². The molecule has 2 heterocycles. The first-order chi connectivity index (χ1) is 12.0. The fourth-order valence-electron chi connectivity index (χ4n) is 5.07. The van der Waals surface area contributed by atoms with Crippen LogP contribution in [0.1, 0.15) is 29.9 Å². The molecule has 25 heavy (non-hydrogen) atoms. The minimum Gasteiger partial charge on any atom is -0.369 e. The molecule has 2 aromatic rings. The summed E-state index contributed by atoms with van der Waals surface area (Å²) in [5, 5.41) is 10.6. The molecule has 2 aliphatic rings. The molecule has 0 bridgehead atoms. The lowest BCUT2D eigenvalue weighted by Gasteiger charge is -2.45. The van der Waals surface area contributed by atoms with Crippen LogP contribution >= 0.6 is 0 Å². The number of fused-ring (bicyclic) bond motifs is 2. The zero-order valence-electron chi connectivity index (χ0n) is 14.8. The van der Waals surface area contributed by atoms with Gasteiger partial charge in [-0.05, 0) is 49.4 Å². The van der Waals surface area contributed by atoms with Crippen molar-refractivity contribution in [3.8, 4) is 6.07 Å². The van der Waals surface area contributed by atoms with Crippen molar-refractivity contribution in [2.75, 3.05) is 13.6 Å². The van der Waals surface area contributed by atoms with E-state index in [1.807, 2.05) is 0 Å². The Balaban J connectivity index is 1.69. The van der Waals surface area contributed by atoms with Gasteiger partial charge in [-0.15, -0.1) is 0 Å². The molecule has 1 aromatic carbocycles. The van der Waals surface area contributed by atoms with Crippen molar-refractivity contribution >= 4 is 16.8 Å². The first-order valence-corrected chi connectivity index (χ1v) is 8.95. The van der Waals surface area contributed by atoms with Crippen molar-refractivity contribution in [2.45, 2.75) is 31.2 Å². The highest BCUT2D eigenvalue weighted by Gasteiger charge is 2.40. The number of piperidine rings is 1. The maximum Gasteiger partial charge on any atom is 0.234 e. The highest BCUT2D eigenvalue weighted by molar-refractivity contribution is 5.89. The Hall–Kier alpha value is -2.32. The largest absolute Gasteiger partial charge is 0.369 e. The summed E-state index contributed by atoms with van der Waals surface area (Å²) >= 11 is 0. The fraction of sp³-hybridized carbons (Fsp3) is 0.500. The highest BCUT2D eigenvalue weighted by atomic mass is 16.1. The molecule has 1 aromatic heterocycles. The van der Waals surface area contributed by atoms with Gasteiger partial charge in [-0.25, -0.2) is 0 Å². The average Bonchev–Trinajstić information content (AvgIpc) is 2.91. The summed E-state index contributed by atoms with van der Waals surface area (Å²) in [4.78, 5) is 13.9. The molecule has 1 aliphatic carbocycles. The van der Waals surface area contributed by atoms with E-state index in [0.29, 0.717) is 24.3 Å². The summed E-state index contributed by atoms with van der Waals surface area (Å²) < 4.78 is 2.22. The number of hydrogen-bond acceptors (Lipinski definition) is 3. The molecule has 1 aliphatic heterocycles. The molecule has 1 fully saturated rings. The molecule has 0 radical (unpaired) electrons. The zero-order chi connectivity index (χ0) is 17.7. The Kier molecular flexibility index (Phi) is 3.81. The molecule has 0 spiro atoms. The molecule has 4 atom stereocenters. The maximum atomic E-state index is 11.5. The van der Waals surface area contributed by atoms with Gasteiger partial charge in [0.2, 0.25) is 5.91 Å². The van der Waals surface area contributed by atoms with Crippen molar-refractivity contribution in [3.63, 3.8) is 0 Å². The molecule has 2 N–H and O–H groups in total. The van der Waals surface area contributed by atoms with Crippen LogP contribution < -0.4 is 5.73 Å². The lowest BCUT2D eigenvalue weighted by Crippen LogP contribution is -2.48. The Morgan fingerprint density at radius 2 is 2.24 bits per heavy atom. The lowest BCUT2D eigenvalue weighted by molar-refractivity contribution is -0.120. The van der Waals surface area contributed by atoms with Gasteiger partial charge in [0, 0.05) is 42.7 Å². The van der Waals surface area contributed by atoms with Gasteiger partial charge >= 0.3 is 0 Å². The van der Waals surface area contributed by atoms with Crippen LogP contribution in [-0.4, -0.2) is 35.0 Å². The molecule has 5 nitrogen and oxygen atoms in total. The maximum absolute atomic E-state index is 11.5. The van der Waals surface area contributed by atoms with E-state index < -0.39 is 11.8 Å². The third-order valence-corrected chi connectivity index (χ3v) is 6.19. The van der Waals surface area contributed by atoms with E-state index in [9.17, 15) is 10.1 Å². The number of aromatic nitrogens is 1. The number of nitriles is 1. The number of amides is 1. The van der Waals surface area contributed by atoms with Gasteiger partial charge in [-0.3, -0.25) is 4.79 Å². The van der Waals surface area contributed by atoms with Gasteiger partial charge in [0.15, 0.2) is 0 Å². The Bertz CT molecular complexity index is 878. The normalized spacial score (nSPS) is 26.8. The predicted molar refractivity (Wildman–Crippen MR) is 96.8 cm³/mol.